The quantitative estimate of drug-likeness (QED) is 0.358. The lowest BCUT2D eigenvalue weighted by Crippen LogP contribution is -2.65. The number of amides is 1. The summed E-state index contributed by atoms with van der Waals surface area (Å²) in [6, 6.07) is -0.871. The third kappa shape index (κ3) is 8.44. The number of rotatable bonds is 13. The minimum absolute atomic E-state index is 0.0450. The zero-order valence-electron chi connectivity index (χ0n) is 17.1. The van der Waals surface area contributed by atoms with Gasteiger partial charge in [-0.05, 0) is 12.8 Å². The number of ether oxygens (including phenoxy) is 2. The molecule has 6 unspecified atom stereocenters. The fourth-order valence-electron chi connectivity index (χ4n) is 3.48. The molecule has 7 heteroatoms. The minimum atomic E-state index is -1.28. The topological polar surface area (TPSA) is 108 Å². The number of carbonyl (C=O) groups is 1. The maximum Gasteiger partial charge on any atom is 0.217 e. The van der Waals surface area contributed by atoms with E-state index < -0.39 is 37.3 Å². The maximum absolute atomic E-state index is 11.5. The molecule has 160 valence electrons. The average molecular weight is 390 g/mol. The number of aliphatic hydroxyl groups is 3. The Hall–Kier alpha value is -0.730. The molecule has 0 bridgehead atoms. The standard InChI is InChI=1S/C20H39NO6/c1-4-6-8-10-12-15(11-9-7-5-2)26-20-17(21-14(3)23)19(25)18(24)16(13-22)27-20/h15-20,22,24-25H,4-13H2,1-3H3,(H,21,23). The van der Waals surface area contributed by atoms with Gasteiger partial charge in [0.15, 0.2) is 6.29 Å². The van der Waals surface area contributed by atoms with Crippen LogP contribution in [0.3, 0.4) is 0 Å². The van der Waals surface area contributed by atoms with E-state index in [4.69, 9.17) is 9.47 Å². The number of unbranched alkanes of at least 4 members (excludes halogenated alkanes) is 5. The van der Waals surface area contributed by atoms with Gasteiger partial charge in [0, 0.05) is 6.92 Å². The zero-order chi connectivity index (χ0) is 20.2. The lowest BCUT2D eigenvalue weighted by molar-refractivity contribution is -0.283. The summed E-state index contributed by atoms with van der Waals surface area (Å²) in [5, 5.41) is 32.6. The molecule has 0 radical (unpaired) electrons. The Balaban J connectivity index is 2.79. The van der Waals surface area contributed by atoms with Crippen molar-refractivity contribution in [1.29, 1.82) is 0 Å². The Labute approximate surface area is 163 Å². The molecule has 4 N–H and O–H groups in total. The lowest BCUT2D eigenvalue weighted by Gasteiger charge is -2.43. The number of hydrogen-bond acceptors (Lipinski definition) is 6. The first-order valence-electron chi connectivity index (χ1n) is 10.5. The van der Waals surface area contributed by atoms with Gasteiger partial charge < -0.3 is 30.1 Å². The summed E-state index contributed by atoms with van der Waals surface area (Å²) in [6.45, 7) is 5.24. The average Bonchev–Trinajstić information content (AvgIpc) is 2.64. The molecule has 0 spiro atoms. The van der Waals surface area contributed by atoms with Crippen molar-refractivity contribution in [3.05, 3.63) is 0 Å². The van der Waals surface area contributed by atoms with Crippen LogP contribution < -0.4 is 5.32 Å². The fourth-order valence-corrected chi connectivity index (χ4v) is 3.48. The van der Waals surface area contributed by atoms with Crippen LogP contribution in [0.15, 0.2) is 0 Å². The first-order chi connectivity index (χ1) is 12.9. The Morgan fingerprint density at radius 1 is 1.04 bits per heavy atom. The predicted molar refractivity (Wildman–Crippen MR) is 103 cm³/mol. The van der Waals surface area contributed by atoms with Gasteiger partial charge in [-0.15, -0.1) is 0 Å². The summed E-state index contributed by atoms with van der Waals surface area (Å²) >= 11 is 0. The summed E-state index contributed by atoms with van der Waals surface area (Å²) in [4.78, 5) is 11.5. The highest BCUT2D eigenvalue weighted by Crippen LogP contribution is 2.26. The molecule has 1 rings (SSSR count). The summed E-state index contributed by atoms with van der Waals surface area (Å²) < 4.78 is 11.9. The molecule has 0 aromatic carbocycles. The van der Waals surface area contributed by atoms with Crippen molar-refractivity contribution >= 4 is 5.91 Å². The van der Waals surface area contributed by atoms with Gasteiger partial charge in [0.1, 0.15) is 24.4 Å². The second kappa shape index (κ2) is 13.4. The van der Waals surface area contributed by atoms with Crippen molar-refractivity contribution < 1.29 is 29.6 Å². The molecule has 1 amide bonds. The normalized spacial score (nSPS) is 29.5. The summed E-state index contributed by atoms with van der Waals surface area (Å²) in [5.41, 5.74) is 0. The van der Waals surface area contributed by atoms with Gasteiger partial charge in [-0.2, -0.15) is 0 Å². The number of carbonyl (C=O) groups excluding carboxylic acids is 1. The lowest BCUT2D eigenvalue weighted by atomic mass is 9.96. The molecule has 6 atom stereocenters. The molecule has 0 saturated carbocycles. The molecule has 0 aromatic heterocycles. The third-order valence-corrected chi connectivity index (χ3v) is 5.09. The van der Waals surface area contributed by atoms with Crippen molar-refractivity contribution in [3.8, 4) is 0 Å². The molecular formula is C20H39NO6. The Morgan fingerprint density at radius 3 is 2.19 bits per heavy atom. The SMILES string of the molecule is CCCCCCC(CCCCC)OC1OC(CO)C(O)C(O)C1NC(C)=O. The van der Waals surface area contributed by atoms with E-state index in [9.17, 15) is 20.1 Å². The molecule has 0 aliphatic carbocycles. The second-order valence-electron chi connectivity index (χ2n) is 7.54. The highest BCUT2D eigenvalue weighted by atomic mass is 16.7. The van der Waals surface area contributed by atoms with Crippen molar-refractivity contribution in [2.75, 3.05) is 6.61 Å². The maximum atomic E-state index is 11.5. The van der Waals surface area contributed by atoms with E-state index in [0.717, 1.165) is 44.9 Å². The van der Waals surface area contributed by atoms with Gasteiger partial charge in [-0.1, -0.05) is 58.8 Å². The summed E-state index contributed by atoms with van der Waals surface area (Å²) in [7, 11) is 0. The van der Waals surface area contributed by atoms with Crippen LogP contribution in [0, 0.1) is 0 Å². The van der Waals surface area contributed by atoms with Gasteiger partial charge in [0.2, 0.25) is 5.91 Å². The highest BCUT2D eigenvalue weighted by molar-refractivity contribution is 5.73. The van der Waals surface area contributed by atoms with Crippen molar-refractivity contribution in [2.45, 2.75) is 115 Å². The molecule has 1 aliphatic rings. The monoisotopic (exact) mass is 389 g/mol. The number of hydrogen-bond donors (Lipinski definition) is 4. The molecule has 1 heterocycles. The highest BCUT2D eigenvalue weighted by Gasteiger charge is 2.45. The van der Waals surface area contributed by atoms with E-state index >= 15 is 0 Å². The van der Waals surface area contributed by atoms with Gasteiger partial charge in [-0.3, -0.25) is 4.79 Å². The van der Waals surface area contributed by atoms with Crippen LogP contribution in [-0.4, -0.2) is 64.6 Å². The molecule has 7 nitrogen and oxygen atoms in total. The van der Waals surface area contributed by atoms with E-state index in [1.807, 2.05) is 0 Å². The second-order valence-corrected chi connectivity index (χ2v) is 7.54. The van der Waals surface area contributed by atoms with Gasteiger partial charge >= 0.3 is 0 Å². The Bertz CT molecular complexity index is 408. The van der Waals surface area contributed by atoms with Crippen LogP contribution in [0.5, 0.6) is 0 Å². The number of nitrogens with one attached hydrogen (secondary N) is 1. The third-order valence-electron chi connectivity index (χ3n) is 5.09. The van der Waals surface area contributed by atoms with Gasteiger partial charge in [0.05, 0.1) is 12.7 Å². The van der Waals surface area contributed by atoms with Gasteiger partial charge in [0.25, 0.3) is 0 Å². The van der Waals surface area contributed by atoms with Crippen molar-refractivity contribution in [2.24, 2.45) is 0 Å². The number of aliphatic hydroxyl groups excluding tert-OH is 3. The van der Waals surface area contributed by atoms with Crippen molar-refractivity contribution in [3.63, 3.8) is 0 Å². The Kier molecular flexibility index (Phi) is 12.1. The van der Waals surface area contributed by atoms with Crippen LogP contribution in [0.1, 0.15) is 78.6 Å². The smallest absolute Gasteiger partial charge is 0.217 e. The molecule has 27 heavy (non-hydrogen) atoms. The summed E-state index contributed by atoms with van der Waals surface area (Å²) in [6.07, 6.45) is 5.18. The summed E-state index contributed by atoms with van der Waals surface area (Å²) in [5.74, 6) is -0.337. The van der Waals surface area contributed by atoms with Gasteiger partial charge in [-0.25, -0.2) is 0 Å². The molecule has 0 aromatic rings. The minimum Gasteiger partial charge on any atom is -0.394 e. The van der Waals surface area contributed by atoms with E-state index in [1.54, 1.807) is 0 Å². The molecular weight excluding hydrogens is 350 g/mol. The van der Waals surface area contributed by atoms with E-state index in [0.29, 0.717) is 0 Å². The largest absolute Gasteiger partial charge is 0.394 e. The fraction of sp³-hybridized carbons (Fsp3) is 0.950. The Morgan fingerprint density at radius 2 is 1.63 bits per heavy atom. The van der Waals surface area contributed by atoms with Crippen LogP contribution in [0.25, 0.3) is 0 Å². The predicted octanol–water partition coefficient (Wildman–Crippen LogP) is 1.87. The molecule has 1 saturated heterocycles. The van der Waals surface area contributed by atoms with E-state index in [1.165, 1.54) is 19.8 Å². The van der Waals surface area contributed by atoms with Crippen LogP contribution >= 0.6 is 0 Å². The molecule has 1 aliphatic heterocycles. The zero-order valence-corrected chi connectivity index (χ0v) is 17.1. The van der Waals surface area contributed by atoms with E-state index in [2.05, 4.69) is 19.2 Å². The first-order valence-corrected chi connectivity index (χ1v) is 10.5. The van der Waals surface area contributed by atoms with Crippen LogP contribution in [0.2, 0.25) is 0 Å². The van der Waals surface area contributed by atoms with Crippen LogP contribution in [-0.2, 0) is 14.3 Å². The van der Waals surface area contributed by atoms with Crippen LogP contribution in [0.4, 0.5) is 0 Å². The molecule has 1 fully saturated rings. The first kappa shape index (κ1) is 24.3. The van der Waals surface area contributed by atoms with E-state index in [-0.39, 0.29) is 12.0 Å². The van der Waals surface area contributed by atoms with Crippen molar-refractivity contribution in [1.82, 2.24) is 5.32 Å².